The number of fused-ring (bicyclic) bond motifs is 7. The first-order valence-corrected chi connectivity index (χ1v) is 17.2. The maximum atomic E-state index is 4.97. The van der Waals surface area contributed by atoms with Crippen LogP contribution in [-0.4, -0.2) is 15.0 Å². The molecule has 0 aliphatic heterocycles. The van der Waals surface area contributed by atoms with Crippen molar-refractivity contribution in [3.63, 3.8) is 0 Å². The van der Waals surface area contributed by atoms with Gasteiger partial charge in [0, 0.05) is 22.1 Å². The lowest BCUT2D eigenvalue weighted by molar-refractivity contribution is 0.255. The molecule has 1 heterocycles. The monoisotopic (exact) mass is 631 g/mol. The first kappa shape index (κ1) is 29.5. The van der Waals surface area contributed by atoms with E-state index in [1.807, 2.05) is 60.7 Å². The van der Waals surface area contributed by atoms with E-state index in [4.69, 9.17) is 15.0 Å². The smallest absolute Gasteiger partial charge is 0.164 e. The van der Waals surface area contributed by atoms with Crippen LogP contribution in [0.1, 0.15) is 49.9 Å². The fourth-order valence-corrected chi connectivity index (χ4v) is 8.07. The molecular weight excluding hydrogens is 595 g/mol. The molecule has 1 unspecified atom stereocenters. The van der Waals surface area contributed by atoms with Crippen molar-refractivity contribution >= 4 is 0 Å². The van der Waals surface area contributed by atoms with Gasteiger partial charge in [-0.15, -0.1) is 0 Å². The van der Waals surface area contributed by atoms with Gasteiger partial charge in [0.25, 0.3) is 0 Å². The molecule has 3 heteroatoms. The van der Waals surface area contributed by atoms with E-state index in [2.05, 4.69) is 107 Å². The van der Waals surface area contributed by atoms with Gasteiger partial charge in [0.15, 0.2) is 17.5 Å². The van der Waals surface area contributed by atoms with Gasteiger partial charge in [-0.3, -0.25) is 0 Å². The highest BCUT2D eigenvalue weighted by Crippen LogP contribution is 2.62. The molecule has 0 N–H and O–H groups in total. The summed E-state index contributed by atoms with van der Waals surface area (Å²) in [4.78, 5) is 14.8. The van der Waals surface area contributed by atoms with E-state index in [1.54, 1.807) is 0 Å². The normalized spacial score (nSPS) is 15.8. The van der Waals surface area contributed by atoms with E-state index in [0.29, 0.717) is 17.5 Å². The summed E-state index contributed by atoms with van der Waals surface area (Å²) < 4.78 is 0. The van der Waals surface area contributed by atoms with Gasteiger partial charge < -0.3 is 0 Å². The van der Waals surface area contributed by atoms with Crippen molar-refractivity contribution in [2.75, 3.05) is 0 Å². The van der Waals surface area contributed by atoms with Crippen LogP contribution in [-0.2, 0) is 11.8 Å². The average molecular weight is 632 g/mol. The zero-order valence-corrected chi connectivity index (χ0v) is 28.3. The Kier molecular flexibility index (Phi) is 6.57. The van der Waals surface area contributed by atoms with E-state index >= 15 is 0 Å². The highest BCUT2D eigenvalue weighted by atomic mass is 15.0. The van der Waals surface area contributed by atoms with Crippen molar-refractivity contribution in [1.29, 1.82) is 0 Å². The van der Waals surface area contributed by atoms with Crippen LogP contribution in [0.3, 0.4) is 0 Å². The number of rotatable bonds is 4. The third-order valence-corrected chi connectivity index (χ3v) is 11.0. The van der Waals surface area contributed by atoms with E-state index < -0.39 is 0 Å². The summed E-state index contributed by atoms with van der Waals surface area (Å²) in [6, 6.07) is 49.8. The van der Waals surface area contributed by atoms with Crippen LogP contribution in [0.25, 0.3) is 67.5 Å². The zero-order valence-electron chi connectivity index (χ0n) is 28.3. The first-order valence-electron chi connectivity index (χ1n) is 17.2. The SMILES string of the molecule is CC(C)(C)C1(C)c2cccc(-c3ccc(-c4nc(-c5ccccc5)nc(-c5ccccc5)n4)cc3)c2-c2c1ccc1c2-c2ccccc2C1. The Morgan fingerprint density at radius 2 is 0.939 bits per heavy atom. The third-order valence-electron chi connectivity index (χ3n) is 11.0. The van der Waals surface area contributed by atoms with E-state index in [9.17, 15) is 0 Å². The summed E-state index contributed by atoms with van der Waals surface area (Å²) in [5.41, 5.74) is 16.5. The average Bonchev–Trinajstić information content (AvgIpc) is 3.65. The van der Waals surface area contributed by atoms with Gasteiger partial charge in [0.1, 0.15) is 0 Å². The lowest BCUT2D eigenvalue weighted by atomic mass is 9.62. The minimum absolute atomic E-state index is 0.00739. The largest absolute Gasteiger partial charge is 0.208 e. The molecular formula is C46H37N3. The number of aromatic nitrogens is 3. The molecule has 49 heavy (non-hydrogen) atoms. The Bertz CT molecular complexity index is 2330. The fourth-order valence-electron chi connectivity index (χ4n) is 8.07. The van der Waals surface area contributed by atoms with Crippen LogP contribution in [0, 0.1) is 5.41 Å². The Morgan fingerprint density at radius 3 is 1.55 bits per heavy atom. The third kappa shape index (κ3) is 4.53. The van der Waals surface area contributed by atoms with Crippen molar-refractivity contribution < 1.29 is 0 Å². The Morgan fingerprint density at radius 1 is 0.429 bits per heavy atom. The summed E-state index contributed by atoms with van der Waals surface area (Å²) in [6.45, 7) is 9.61. The Hall–Kier alpha value is -5.67. The Labute approximate surface area is 288 Å². The molecule has 0 saturated carbocycles. The second-order valence-electron chi connectivity index (χ2n) is 14.6. The number of hydrogen-bond acceptors (Lipinski definition) is 3. The van der Waals surface area contributed by atoms with Gasteiger partial charge in [-0.1, -0.05) is 167 Å². The zero-order chi connectivity index (χ0) is 33.3. The molecule has 3 nitrogen and oxygen atoms in total. The van der Waals surface area contributed by atoms with Crippen molar-refractivity contribution in [3.05, 3.63) is 162 Å². The molecule has 1 atom stereocenters. The minimum atomic E-state index is -0.146. The van der Waals surface area contributed by atoms with Crippen LogP contribution < -0.4 is 0 Å². The summed E-state index contributed by atoms with van der Waals surface area (Å²) in [7, 11) is 0. The van der Waals surface area contributed by atoms with Crippen LogP contribution in [0.2, 0.25) is 0 Å². The molecule has 0 amide bonds. The van der Waals surface area contributed by atoms with E-state index in [1.165, 1.54) is 55.6 Å². The van der Waals surface area contributed by atoms with Crippen molar-refractivity contribution in [1.82, 2.24) is 15.0 Å². The van der Waals surface area contributed by atoms with Crippen LogP contribution in [0.4, 0.5) is 0 Å². The van der Waals surface area contributed by atoms with Gasteiger partial charge in [0.2, 0.25) is 0 Å². The summed E-state index contributed by atoms with van der Waals surface area (Å²) in [6.07, 6.45) is 0.985. The predicted octanol–water partition coefficient (Wildman–Crippen LogP) is 11.4. The van der Waals surface area contributed by atoms with Crippen LogP contribution in [0.5, 0.6) is 0 Å². The summed E-state index contributed by atoms with van der Waals surface area (Å²) >= 11 is 0. The van der Waals surface area contributed by atoms with Crippen LogP contribution >= 0.6 is 0 Å². The number of nitrogens with zero attached hydrogens (tertiary/aromatic N) is 3. The maximum Gasteiger partial charge on any atom is 0.164 e. The lowest BCUT2D eigenvalue weighted by Crippen LogP contribution is -2.36. The first-order chi connectivity index (χ1) is 23.8. The molecule has 1 aromatic heterocycles. The lowest BCUT2D eigenvalue weighted by Gasteiger charge is -2.41. The van der Waals surface area contributed by atoms with E-state index in [-0.39, 0.29) is 10.8 Å². The number of benzene rings is 6. The minimum Gasteiger partial charge on any atom is -0.208 e. The van der Waals surface area contributed by atoms with Gasteiger partial charge in [-0.05, 0) is 67.5 Å². The summed E-state index contributed by atoms with van der Waals surface area (Å²) in [5.74, 6) is 2.00. The molecule has 0 bridgehead atoms. The molecule has 6 aromatic carbocycles. The quantitative estimate of drug-likeness (QED) is 0.194. The van der Waals surface area contributed by atoms with Crippen molar-refractivity contribution in [2.24, 2.45) is 5.41 Å². The van der Waals surface area contributed by atoms with Gasteiger partial charge >= 0.3 is 0 Å². The van der Waals surface area contributed by atoms with Crippen LogP contribution in [0.15, 0.2) is 140 Å². The molecule has 236 valence electrons. The van der Waals surface area contributed by atoms with Gasteiger partial charge in [-0.2, -0.15) is 0 Å². The second kappa shape index (κ2) is 10.9. The van der Waals surface area contributed by atoms with Crippen molar-refractivity contribution in [2.45, 2.75) is 39.5 Å². The Balaban J connectivity index is 1.21. The topological polar surface area (TPSA) is 38.7 Å². The van der Waals surface area contributed by atoms with Gasteiger partial charge in [-0.25, -0.2) is 15.0 Å². The number of hydrogen-bond donors (Lipinski definition) is 0. The molecule has 0 saturated heterocycles. The molecule has 2 aliphatic rings. The maximum absolute atomic E-state index is 4.97. The standard InChI is InChI=1S/C46H37N3/c1-45(2,3)46(4)37-21-13-20-35(40(37)41-38(46)27-26-34-28-33-18-11-12-19-36(33)39(34)41)29-22-24-32(25-23-29)44-48-42(30-14-7-5-8-15-30)47-43(49-44)31-16-9-6-10-17-31/h5-27H,28H2,1-4H3. The summed E-state index contributed by atoms with van der Waals surface area (Å²) in [5, 5.41) is 0. The highest BCUT2D eigenvalue weighted by molar-refractivity contribution is 6.02. The van der Waals surface area contributed by atoms with Gasteiger partial charge in [0.05, 0.1) is 0 Å². The molecule has 0 radical (unpaired) electrons. The van der Waals surface area contributed by atoms with Crippen molar-refractivity contribution in [3.8, 4) is 67.5 Å². The predicted molar refractivity (Wildman–Crippen MR) is 201 cm³/mol. The molecule has 7 aromatic rings. The molecule has 0 spiro atoms. The fraction of sp³-hybridized carbons (Fsp3) is 0.152. The molecule has 0 fully saturated rings. The highest BCUT2D eigenvalue weighted by Gasteiger charge is 2.49. The van der Waals surface area contributed by atoms with E-state index in [0.717, 1.165) is 23.1 Å². The molecule has 9 rings (SSSR count). The molecule has 2 aliphatic carbocycles. The second-order valence-corrected chi connectivity index (χ2v) is 14.6.